The maximum atomic E-state index is 12.7. The highest BCUT2D eigenvalue weighted by molar-refractivity contribution is 6.05. The van der Waals surface area contributed by atoms with Gasteiger partial charge in [0.15, 0.2) is 5.65 Å². The maximum Gasteiger partial charge on any atom is 0.324 e. The number of imide groups is 1. The molecule has 10 heteroatoms. The fourth-order valence-electron chi connectivity index (χ4n) is 4.63. The Morgan fingerprint density at radius 2 is 1.86 bits per heavy atom. The van der Waals surface area contributed by atoms with Crippen molar-refractivity contribution < 1.29 is 14.4 Å². The molecule has 4 amide bonds. The number of H-pyrrole nitrogens is 1. The van der Waals surface area contributed by atoms with Gasteiger partial charge in [0, 0.05) is 42.8 Å². The molecule has 36 heavy (non-hydrogen) atoms. The smallest absolute Gasteiger partial charge is 0.324 e. The van der Waals surface area contributed by atoms with Crippen LogP contribution in [0, 0.1) is 0 Å². The Labute approximate surface area is 208 Å². The van der Waals surface area contributed by atoms with Gasteiger partial charge in [-0.05, 0) is 43.0 Å². The normalized spacial score (nSPS) is 15.7. The van der Waals surface area contributed by atoms with Gasteiger partial charge < -0.3 is 15.6 Å². The summed E-state index contributed by atoms with van der Waals surface area (Å²) in [6, 6.07) is 12.5. The zero-order valence-electron chi connectivity index (χ0n) is 19.9. The number of hydrogen-bond donors (Lipinski definition) is 3. The predicted molar refractivity (Wildman–Crippen MR) is 134 cm³/mol. The minimum atomic E-state index is -0.818. The molecule has 1 fully saturated rings. The summed E-state index contributed by atoms with van der Waals surface area (Å²) in [5.41, 5.74) is 2.90. The van der Waals surface area contributed by atoms with E-state index in [-0.39, 0.29) is 24.8 Å². The highest BCUT2D eigenvalue weighted by Crippen LogP contribution is 2.19. The van der Waals surface area contributed by atoms with Gasteiger partial charge in [-0.15, -0.1) is 10.2 Å². The number of para-hydroxylation sites is 1. The summed E-state index contributed by atoms with van der Waals surface area (Å²) >= 11 is 0. The minimum absolute atomic E-state index is 0.0557. The van der Waals surface area contributed by atoms with Gasteiger partial charge in [-0.2, -0.15) is 0 Å². The summed E-state index contributed by atoms with van der Waals surface area (Å²) in [4.78, 5) is 41.9. The van der Waals surface area contributed by atoms with Gasteiger partial charge in [0.1, 0.15) is 11.9 Å². The Bertz CT molecular complexity index is 1390. The number of amides is 4. The highest BCUT2D eigenvalue weighted by atomic mass is 16.2. The molecule has 186 valence electrons. The molecule has 1 unspecified atom stereocenters. The average molecular weight is 488 g/mol. The number of benzene rings is 1. The number of hydrogen-bond acceptors (Lipinski definition) is 5. The third kappa shape index (κ3) is 5.07. The molecule has 4 heterocycles. The molecule has 3 N–H and O–H groups in total. The van der Waals surface area contributed by atoms with Crippen molar-refractivity contribution >= 4 is 34.4 Å². The van der Waals surface area contributed by atoms with Gasteiger partial charge >= 0.3 is 6.03 Å². The Kier molecular flexibility index (Phi) is 6.92. The number of carbonyl (C=O) groups is 3. The van der Waals surface area contributed by atoms with E-state index in [0.29, 0.717) is 13.0 Å². The van der Waals surface area contributed by atoms with E-state index < -0.39 is 12.1 Å². The zero-order chi connectivity index (χ0) is 24.9. The van der Waals surface area contributed by atoms with Crippen LogP contribution in [0.5, 0.6) is 0 Å². The first kappa shape index (κ1) is 23.5. The summed E-state index contributed by atoms with van der Waals surface area (Å²) in [6.45, 7) is 0.796. The summed E-state index contributed by atoms with van der Waals surface area (Å²) in [5, 5.41) is 15.0. The first-order valence-corrected chi connectivity index (χ1v) is 12.3. The molecule has 1 atom stereocenters. The molecular weight excluding hydrogens is 458 g/mol. The largest absolute Gasteiger partial charge is 0.361 e. The topological polar surface area (TPSA) is 124 Å². The lowest BCUT2D eigenvalue weighted by atomic mass is 10.1. The van der Waals surface area contributed by atoms with Crippen molar-refractivity contribution in [3.05, 3.63) is 66.2 Å². The van der Waals surface area contributed by atoms with Crippen molar-refractivity contribution in [2.75, 3.05) is 13.1 Å². The molecule has 0 spiro atoms. The molecule has 1 saturated heterocycles. The molecule has 0 saturated carbocycles. The molecule has 3 aromatic heterocycles. The summed E-state index contributed by atoms with van der Waals surface area (Å²) in [5.74, 6) is 0.338. The van der Waals surface area contributed by atoms with Gasteiger partial charge in [-0.25, -0.2) is 4.79 Å². The number of aromatic amines is 1. The Morgan fingerprint density at radius 1 is 1.00 bits per heavy atom. The van der Waals surface area contributed by atoms with Crippen LogP contribution in [0.15, 0.2) is 54.9 Å². The van der Waals surface area contributed by atoms with Crippen LogP contribution in [0.25, 0.3) is 16.6 Å². The molecule has 1 aliphatic heterocycles. The van der Waals surface area contributed by atoms with E-state index in [1.165, 1.54) is 4.90 Å². The number of carbonyl (C=O) groups excluding carboxylic acids is 3. The van der Waals surface area contributed by atoms with Crippen LogP contribution in [-0.4, -0.2) is 61.5 Å². The Morgan fingerprint density at radius 3 is 2.78 bits per heavy atom. The van der Waals surface area contributed by atoms with Crippen molar-refractivity contribution in [3.8, 4) is 0 Å². The number of unbranched alkanes of at least 4 members (excludes halogenated alkanes) is 2. The third-order valence-corrected chi connectivity index (χ3v) is 6.56. The van der Waals surface area contributed by atoms with Crippen LogP contribution < -0.4 is 10.6 Å². The van der Waals surface area contributed by atoms with Gasteiger partial charge in [0.25, 0.3) is 5.91 Å². The number of nitrogens with zero attached hydrogens (tertiary/aromatic N) is 4. The van der Waals surface area contributed by atoms with Crippen molar-refractivity contribution in [1.29, 1.82) is 0 Å². The van der Waals surface area contributed by atoms with Crippen LogP contribution in [-0.2, 0) is 22.4 Å². The van der Waals surface area contributed by atoms with E-state index in [0.717, 1.165) is 53.6 Å². The Hall–Kier alpha value is -4.21. The van der Waals surface area contributed by atoms with Crippen LogP contribution in [0.4, 0.5) is 4.79 Å². The summed E-state index contributed by atoms with van der Waals surface area (Å²) in [7, 11) is 0. The summed E-state index contributed by atoms with van der Waals surface area (Å²) in [6.07, 6.45) is 7.86. The van der Waals surface area contributed by atoms with Crippen molar-refractivity contribution in [2.24, 2.45) is 0 Å². The van der Waals surface area contributed by atoms with Crippen LogP contribution in [0.3, 0.4) is 0 Å². The lowest BCUT2D eigenvalue weighted by Crippen LogP contribution is -2.37. The number of aryl methyl sites for hydroxylation is 1. The molecule has 0 radical (unpaired) electrons. The molecule has 10 nitrogen and oxygen atoms in total. The van der Waals surface area contributed by atoms with Gasteiger partial charge in [0.05, 0.1) is 6.42 Å². The number of pyridine rings is 1. The maximum absolute atomic E-state index is 12.7. The number of rotatable bonds is 11. The molecule has 0 aliphatic carbocycles. The molecule has 5 rings (SSSR count). The van der Waals surface area contributed by atoms with E-state index >= 15 is 0 Å². The van der Waals surface area contributed by atoms with Crippen LogP contribution in [0.2, 0.25) is 0 Å². The second kappa shape index (κ2) is 10.6. The zero-order valence-corrected chi connectivity index (χ0v) is 19.9. The van der Waals surface area contributed by atoms with Gasteiger partial charge in [0.2, 0.25) is 5.91 Å². The van der Waals surface area contributed by atoms with E-state index in [2.05, 4.69) is 25.8 Å². The Balaban J connectivity index is 1.01. The van der Waals surface area contributed by atoms with Crippen LogP contribution in [0.1, 0.15) is 37.1 Å². The molecule has 1 aromatic carbocycles. The van der Waals surface area contributed by atoms with E-state index in [9.17, 15) is 14.4 Å². The SMILES string of the molecule is O=C(CC1NC(=O)N(CCc2c[nH]c3ccccc23)C1=O)NCCCCCc1nnc2ccccn12. The molecule has 1 aliphatic rings. The quantitative estimate of drug-likeness (QED) is 0.222. The molecular formula is C26H29N7O3. The lowest BCUT2D eigenvalue weighted by Gasteiger charge is -2.13. The first-order chi connectivity index (χ1) is 17.6. The first-order valence-electron chi connectivity index (χ1n) is 12.3. The van der Waals surface area contributed by atoms with Crippen LogP contribution >= 0.6 is 0 Å². The predicted octanol–water partition coefficient (Wildman–Crippen LogP) is 2.59. The van der Waals surface area contributed by atoms with E-state index in [1.807, 2.05) is 59.3 Å². The van der Waals surface area contributed by atoms with Gasteiger partial charge in [-0.3, -0.25) is 18.9 Å². The van der Waals surface area contributed by atoms with Crippen molar-refractivity contribution in [3.63, 3.8) is 0 Å². The number of nitrogens with one attached hydrogen (secondary N) is 3. The standard InChI is InChI=1S/C26H29N7O3/c34-24(27-13-6-1-2-10-22-30-31-23-11-5-7-14-32(22)23)16-21-25(35)33(26(36)29-21)15-12-18-17-28-20-9-4-3-8-19(18)20/h3-5,7-9,11,14,17,21,28H,1-2,6,10,12-13,15-16H2,(H,27,34)(H,29,36). The summed E-state index contributed by atoms with van der Waals surface area (Å²) < 4.78 is 1.98. The number of fused-ring (bicyclic) bond motifs is 2. The fraction of sp³-hybridized carbons (Fsp3) is 0.346. The van der Waals surface area contributed by atoms with E-state index in [1.54, 1.807) is 0 Å². The highest BCUT2D eigenvalue weighted by Gasteiger charge is 2.38. The molecule has 4 aromatic rings. The van der Waals surface area contributed by atoms with E-state index in [4.69, 9.17) is 0 Å². The molecule has 0 bridgehead atoms. The third-order valence-electron chi connectivity index (χ3n) is 6.56. The lowest BCUT2D eigenvalue weighted by molar-refractivity contribution is -0.130. The monoisotopic (exact) mass is 487 g/mol. The second-order valence-electron chi connectivity index (χ2n) is 9.01. The number of urea groups is 1. The van der Waals surface area contributed by atoms with Crippen molar-refractivity contribution in [1.82, 2.24) is 35.1 Å². The fourth-order valence-corrected chi connectivity index (χ4v) is 4.63. The van der Waals surface area contributed by atoms with Gasteiger partial charge in [-0.1, -0.05) is 30.7 Å². The number of aromatic nitrogens is 4. The average Bonchev–Trinajstić information content (AvgIpc) is 3.56. The second-order valence-corrected chi connectivity index (χ2v) is 9.01. The minimum Gasteiger partial charge on any atom is -0.361 e. The van der Waals surface area contributed by atoms with Crippen molar-refractivity contribution in [2.45, 2.75) is 44.6 Å².